The van der Waals surface area contributed by atoms with E-state index in [2.05, 4.69) is 11.8 Å². The molecule has 5 heteroatoms. The zero-order valence-corrected chi connectivity index (χ0v) is 13.1. The van der Waals surface area contributed by atoms with Crippen molar-refractivity contribution in [2.75, 3.05) is 24.6 Å². The standard InChI is InChI=1S/C16H21N3OS/c1-2-3-8-19(9-10-20)16-13(15(17)21)11-12-6-4-5-7-14(12)18-16/h4-7,11,20H,2-3,8-10H2,1H3,(H2,17,21). The summed E-state index contributed by atoms with van der Waals surface area (Å²) >= 11 is 5.18. The second-order valence-electron chi connectivity index (χ2n) is 4.98. The van der Waals surface area contributed by atoms with Crippen LogP contribution in [-0.4, -0.2) is 34.8 Å². The second-order valence-corrected chi connectivity index (χ2v) is 5.42. The van der Waals surface area contributed by atoms with Gasteiger partial charge in [-0.25, -0.2) is 4.98 Å². The quantitative estimate of drug-likeness (QED) is 0.769. The van der Waals surface area contributed by atoms with Crippen LogP contribution in [0.3, 0.4) is 0 Å². The third-order valence-electron chi connectivity index (χ3n) is 3.42. The summed E-state index contributed by atoms with van der Waals surface area (Å²) in [4.78, 5) is 7.11. The molecule has 0 saturated carbocycles. The van der Waals surface area contributed by atoms with Crippen LogP contribution in [0.5, 0.6) is 0 Å². The molecular formula is C16H21N3OS. The van der Waals surface area contributed by atoms with Crippen LogP contribution < -0.4 is 10.6 Å². The van der Waals surface area contributed by atoms with Gasteiger partial charge < -0.3 is 15.7 Å². The number of nitrogens with zero attached hydrogens (tertiary/aromatic N) is 2. The van der Waals surface area contributed by atoms with E-state index in [4.69, 9.17) is 22.9 Å². The van der Waals surface area contributed by atoms with Crippen molar-refractivity contribution in [2.24, 2.45) is 5.73 Å². The van der Waals surface area contributed by atoms with Crippen LogP contribution in [0.4, 0.5) is 5.82 Å². The summed E-state index contributed by atoms with van der Waals surface area (Å²) in [6, 6.07) is 9.88. The van der Waals surface area contributed by atoms with Crippen LogP contribution in [0.15, 0.2) is 30.3 Å². The molecule has 1 heterocycles. The highest BCUT2D eigenvalue weighted by Gasteiger charge is 2.15. The summed E-state index contributed by atoms with van der Waals surface area (Å²) in [5, 5.41) is 10.3. The molecule has 0 atom stereocenters. The Hall–Kier alpha value is -1.72. The van der Waals surface area contributed by atoms with Crippen LogP contribution >= 0.6 is 12.2 Å². The van der Waals surface area contributed by atoms with Crippen LogP contribution in [0, 0.1) is 0 Å². The third-order valence-corrected chi connectivity index (χ3v) is 3.64. The van der Waals surface area contributed by atoms with Crippen LogP contribution in [0.2, 0.25) is 0 Å². The maximum Gasteiger partial charge on any atom is 0.139 e. The largest absolute Gasteiger partial charge is 0.395 e. The molecule has 0 bridgehead atoms. The van der Waals surface area contributed by atoms with Gasteiger partial charge in [0.05, 0.1) is 17.7 Å². The molecule has 1 aromatic heterocycles. The summed E-state index contributed by atoms with van der Waals surface area (Å²) in [7, 11) is 0. The predicted octanol–water partition coefficient (Wildman–Crippen LogP) is 2.47. The van der Waals surface area contributed by atoms with Crippen molar-refractivity contribution in [3.63, 3.8) is 0 Å². The minimum Gasteiger partial charge on any atom is -0.395 e. The molecule has 1 aromatic carbocycles. The van der Waals surface area contributed by atoms with Gasteiger partial charge in [0, 0.05) is 18.5 Å². The maximum atomic E-state index is 9.31. The van der Waals surface area contributed by atoms with Gasteiger partial charge in [-0.05, 0) is 18.6 Å². The molecular weight excluding hydrogens is 282 g/mol. The van der Waals surface area contributed by atoms with E-state index in [1.54, 1.807) is 0 Å². The minimum atomic E-state index is 0.0784. The lowest BCUT2D eigenvalue weighted by Crippen LogP contribution is -2.31. The smallest absolute Gasteiger partial charge is 0.139 e. The average Bonchev–Trinajstić information content (AvgIpc) is 2.50. The predicted molar refractivity (Wildman–Crippen MR) is 91.8 cm³/mol. The molecule has 0 aliphatic heterocycles. The number of hydrogen-bond acceptors (Lipinski definition) is 4. The van der Waals surface area contributed by atoms with E-state index in [-0.39, 0.29) is 6.61 Å². The molecule has 0 aliphatic carbocycles. The van der Waals surface area contributed by atoms with E-state index in [1.807, 2.05) is 30.3 Å². The number of rotatable bonds is 7. The Morgan fingerprint density at radius 2 is 2.10 bits per heavy atom. The second kappa shape index (κ2) is 7.33. The van der Waals surface area contributed by atoms with Crippen molar-refractivity contribution in [3.05, 3.63) is 35.9 Å². The third kappa shape index (κ3) is 3.68. The molecule has 0 aliphatic rings. The number of aliphatic hydroxyl groups excluding tert-OH is 1. The molecule has 0 amide bonds. The average molecular weight is 303 g/mol. The molecule has 112 valence electrons. The van der Waals surface area contributed by atoms with Crippen molar-refractivity contribution in [2.45, 2.75) is 19.8 Å². The monoisotopic (exact) mass is 303 g/mol. The molecule has 0 saturated heterocycles. The van der Waals surface area contributed by atoms with E-state index in [0.29, 0.717) is 11.5 Å². The number of unbranched alkanes of at least 4 members (excludes halogenated alkanes) is 1. The summed E-state index contributed by atoms with van der Waals surface area (Å²) in [5.74, 6) is 0.767. The number of aliphatic hydroxyl groups is 1. The maximum absolute atomic E-state index is 9.31. The number of benzene rings is 1. The molecule has 4 nitrogen and oxygen atoms in total. The van der Waals surface area contributed by atoms with Crippen molar-refractivity contribution < 1.29 is 5.11 Å². The Morgan fingerprint density at radius 3 is 2.76 bits per heavy atom. The number of anilines is 1. The first-order valence-electron chi connectivity index (χ1n) is 7.22. The fourth-order valence-electron chi connectivity index (χ4n) is 2.32. The van der Waals surface area contributed by atoms with Crippen LogP contribution in [0.1, 0.15) is 25.3 Å². The number of pyridine rings is 1. The lowest BCUT2D eigenvalue weighted by atomic mass is 10.1. The normalized spacial score (nSPS) is 10.8. The Labute approximate surface area is 130 Å². The number of nitrogens with two attached hydrogens (primary N) is 1. The SMILES string of the molecule is CCCCN(CCO)c1nc2ccccc2cc1C(N)=S. The highest BCUT2D eigenvalue weighted by molar-refractivity contribution is 7.80. The zero-order chi connectivity index (χ0) is 15.2. The van der Waals surface area contributed by atoms with Crippen LogP contribution in [-0.2, 0) is 0 Å². The van der Waals surface area contributed by atoms with Crippen molar-refractivity contribution in [1.82, 2.24) is 4.98 Å². The van der Waals surface area contributed by atoms with Crippen LogP contribution in [0.25, 0.3) is 10.9 Å². The first-order valence-corrected chi connectivity index (χ1v) is 7.63. The Balaban J connectivity index is 2.51. The molecule has 2 aromatic rings. The Bertz CT molecular complexity index is 630. The Kier molecular flexibility index (Phi) is 5.47. The van der Waals surface area contributed by atoms with E-state index < -0.39 is 0 Å². The molecule has 3 N–H and O–H groups in total. The van der Waals surface area contributed by atoms with Gasteiger partial charge in [0.25, 0.3) is 0 Å². The number of thiocarbonyl (C=S) groups is 1. The first kappa shape index (κ1) is 15.7. The van der Waals surface area contributed by atoms with Crippen molar-refractivity contribution in [1.29, 1.82) is 0 Å². The fourth-order valence-corrected chi connectivity index (χ4v) is 2.47. The topological polar surface area (TPSA) is 62.4 Å². The molecule has 21 heavy (non-hydrogen) atoms. The van der Waals surface area contributed by atoms with Gasteiger partial charge in [0.2, 0.25) is 0 Å². The Morgan fingerprint density at radius 1 is 1.33 bits per heavy atom. The van der Waals surface area contributed by atoms with E-state index in [1.165, 1.54) is 0 Å². The van der Waals surface area contributed by atoms with E-state index >= 15 is 0 Å². The number of hydrogen-bond donors (Lipinski definition) is 2. The van der Waals surface area contributed by atoms with Gasteiger partial charge in [0.1, 0.15) is 10.8 Å². The van der Waals surface area contributed by atoms with Crippen molar-refractivity contribution >= 4 is 33.9 Å². The summed E-state index contributed by atoms with van der Waals surface area (Å²) in [6.07, 6.45) is 2.11. The number of para-hydroxylation sites is 1. The molecule has 0 radical (unpaired) electrons. The summed E-state index contributed by atoms with van der Waals surface area (Å²) < 4.78 is 0. The van der Waals surface area contributed by atoms with Gasteiger partial charge in [0.15, 0.2) is 0 Å². The van der Waals surface area contributed by atoms with Gasteiger partial charge in [-0.1, -0.05) is 43.8 Å². The lowest BCUT2D eigenvalue weighted by molar-refractivity contribution is 0.301. The highest BCUT2D eigenvalue weighted by Crippen LogP contribution is 2.24. The highest BCUT2D eigenvalue weighted by atomic mass is 32.1. The summed E-state index contributed by atoms with van der Waals surface area (Å²) in [5.41, 5.74) is 7.55. The van der Waals surface area contributed by atoms with Gasteiger partial charge >= 0.3 is 0 Å². The summed E-state index contributed by atoms with van der Waals surface area (Å²) in [6.45, 7) is 3.58. The van der Waals surface area contributed by atoms with Crippen molar-refractivity contribution in [3.8, 4) is 0 Å². The zero-order valence-electron chi connectivity index (χ0n) is 12.2. The van der Waals surface area contributed by atoms with Gasteiger partial charge in [-0.3, -0.25) is 0 Å². The molecule has 2 rings (SSSR count). The molecule has 0 unspecified atom stereocenters. The fraction of sp³-hybridized carbons (Fsp3) is 0.375. The number of aromatic nitrogens is 1. The lowest BCUT2D eigenvalue weighted by Gasteiger charge is -2.25. The number of fused-ring (bicyclic) bond motifs is 1. The van der Waals surface area contributed by atoms with Gasteiger partial charge in [-0.15, -0.1) is 0 Å². The molecule has 0 fully saturated rings. The molecule has 0 spiro atoms. The first-order chi connectivity index (χ1) is 10.2. The van der Waals surface area contributed by atoms with Gasteiger partial charge in [-0.2, -0.15) is 0 Å². The van der Waals surface area contributed by atoms with E-state index in [0.717, 1.165) is 41.7 Å². The van der Waals surface area contributed by atoms with E-state index in [9.17, 15) is 5.11 Å². The minimum absolute atomic E-state index is 0.0784.